The van der Waals surface area contributed by atoms with Crippen LogP contribution >= 0.6 is 0 Å². The quantitative estimate of drug-likeness (QED) is 0.707. The van der Waals surface area contributed by atoms with Gasteiger partial charge >= 0.3 is 6.08 Å². The minimum atomic E-state index is 0.354. The van der Waals surface area contributed by atoms with Crippen LogP contribution in [0.4, 0.5) is 0 Å². The van der Waals surface area contributed by atoms with Gasteiger partial charge in [-0.1, -0.05) is 12.1 Å². The van der Waals surface area contributed by atoms with E-state index >= 15 is 0 Å². The Balaban J connectivity index is 2.55. The monoisotopic (exact) mass is 177 g/mol. The van der Waals surface area contributed by atoms with Crippen molar-refractivity contribution in [3.63, 3.8) is 0 Å². The summed E-state index contributed by atoms with van der Waals surface area (Å²) in [5.74, 6) is 0. The summed E-state index contributed by atoms with van der Waals surface area (Å²) < 4.78 is 10.6. The molecular weight excluding hydrogens is 166 g/mol. The number of aryl methyl sites for hydroxylation is 1. The Morgan fingerprint density at radius 1 is 1.46 bits per heavy atom. The Bertz CT molecular complexity index is 420. The van der Waals surface area contributed by atoms with Crippen molar-refractivity contribution < 1.29 is 9.15 Å². The molecule has 0 aliphatic rings. The van der Waals surface area contributed by atoms with Gasteiger partial charge < -0.3 is 9.15 Å². The van der Waals surface area contributed by atoms with E-state index in [-0.39, 0.29) is 0 Å². The second-order valence-corrected chi connectivity index (χ2v) is 2.84. The van der Waals surface area contributed by atoms with E-state index < -0.39 is 0 Å². The Morgan fingerprint density at radius 3 is 3.00 bits per heavy atom. The fourth-order valence-corrected chi connectivity index (χ4v) is 1.25. The normalized spacial score (nSPS) is 10.6. The van der Waals surface area contributed by atoms with Crippen molar-refractivity contribution in [1.29, 1.82) is 0 Å². The van der Waals surface area contributed by atoms with Crippen LogP contribution in [0.3, 0.4) is 0 Å². The molecule has 2 aromatic rings. The van der Waals surface area contributed by atoms with Crippen LogP contribution in [0.25, 0.3) is 11.1 Å². The Labute approximate surface area is 76.3 Å². The molecular formula is C10H11NO2. The maximum Gasteiger partial charge on any atom is 0.394 e. The van der Waals surface area contributed by atoms with E-state index in [9.17, 15) is 0 Å². The number of oxazole rings is 1. The Hall–Kier alpha value is -1.51. The zero-order chi connectivity index (χ0) is 9.26. The molecule has 3 heteroatoms. The second kappa shape index (κ2) is 3.09. The number of nitrogens with zero attached hydrogens (tertiary/aromatic N) is 1. The molecule has 0 aliphatic carbocycles. The summed E-state index contributed by atoms with van der Waals surface area (Å²) in [4.78, 5) is 4.17. The van der Waals surface area contributed by atoms with E-state index in [1.54, 1.807) is 0 Å². The highest BCUT2D eigenvalue weighted by Gasteiger charge is 2.06. The molecule has 3 nitrogen and oxygen atoms in total. The molecule has 0 amide bonds. The summed E-state index contributed by atoms with van der Waals surface area (Å²) in [6, 6.07) is 5.85. The third-order valence-electron chi connectivity index (χ3n) is 1.86. The lowest BCUT2D eigenvalue weighted by atomic mass is 10.2. The third-order valence-corrected chi connectivity index (χ3v) is 1.86. The summed E-state index contributed by atoms with van der Waals surface area (Å²) in [7, 11) is 0. The number of benzene rings is 1. The molecule has 0 bridgehead atoms. The molecule has 0 saturated heterocycles. The highest BCUT2D eigenvalue weighted by Crippen LogP contribution is 2.22. The predicted octanol–water partition coefficient (Wildman–Crippen LogP) is 2.53. The third kappa shape index (κ3) is 1.37. The van der Waals surface area contributed by atoms with Gasteiger partial charge in [0.15, 0.2) is 5.58 Å². The number of aromatic nitrogens is 1. The van der Waals surface area contributed by atoms with Crippen LogP contribution in [0, 0.1) is 6.92 Å². The average molecular weight is 177 g/mol. The molecule has 0 saturated carbocycles. The number of hydrogen-bond acceptors (Lipinski definition) is 3. The van der Waals surface area contributed by atoms with Gasteiger partial charge in [-0.3, -0.25) is 0 Å². The van der Waals surface area contributed by atoms with E-state index in [1.165, 1.54) is 0 Å². The zero-order valence-corrected chi connectivity index (χ0v) is 7.70. The molecule has 0 atom stereocenters. The number of rotatable bonds is 2. The van der Waals surface area contributed by atoms with Gasteiger partial charge in [0.1, 0.15) is 5.52 Å². The fraction of sp³-hybridized carbons (Fsp3) is 0.300. The van der Waals surface area contributed by atoms with Crippen LogP contribution in [-0.2, 0) is 0 Å². The van der Waals surface area contributed by atoms with Gasteiger partial charge in [0.25, 0.3) is 0 Å². The summed E-state index contributed by atoms with van der Waals surface area (Å²) >= 11 is 0. The molecule has 0 radical (unpaired) electrons. The lowest BCUT2D eigenvalue weighted by molar-refractivity contribution is 0.251. The van der Waals surface area contributed by atoms with Crippen LogP contribution in [0.15, 0.2) is 22.6 Å². The summed E-state index contributed by atoms with van der Waals surface area (Å²) in [6.07, 6.45) is 0.354. The van der Waals surface area contributed by atoms with Crippen molar-refractivity contribution in [2.45, 2.75) is 13.8 Å². The first-order valence-electron chi connectivity index (χ1n) is 4.30. The van der Waals surface area contributed by atoms with Gasteiger partial charge in [0.2, 0.25) is 0 Å². The summed E-state index contributed by atoms with van der Waals surface area (Å²) in [5, 5.41) is 0. The SMILES string of the molecule is CCOc1nc2cccc(C)c2o1. The molecule has 13 heavy (non-hydrogen) atoms. The van der Waals surface area contributed by atoms with Crippen molar-refractivity contribution in [3.05, 3.63) is 23.8 Å². The first-order valence-corrected chi connectivity index (χ1v) is 4.30. The average Bonchev–Trinajstić information content (AvgIpc) is 2.49. The zero-order valence-electron chi connectivity index (χ0n) is 7.70. The lowest BCUT2D eigenvalue weighted by Crippen LogP contribution is -1.89. The van der Waals surface area contributed by atoms with Crippen LogP contribution in [0.5, 0.6) is 6.08 Å². The van der Waals surface area contributed by atoms with E-state index in [2.05, 4.69) is 4.98 Å². The van der Waals surface area contributed by atoms with Crippen LogP contribution in [0.2, 0.25) is 0 Å². The Morgan fingerprint density at radius 2 is 2.31 bits per heavy atom. The molecule has 0 aliphatic heterocycles. The minimum absolute atomic E-state index is 0.354. The van der Waals surface area contributed by atoms with Gasteiger partial charge in [-0.25, -0.2) is 0 Å². The molecule has 1 aromatic heterocycles. The maximum absolute atomic E-state index is 5.41. The first kappa shape index (κ1) is 8.10. The number of ether oxygens (including phenoxy) is 1. The number of fused-ring (bicyclic) bond motifs is 1. The largest absolute Gasteiger partial charge is 0.450 e. The van der Waals surface area contributed by atoms with Crippen molar-refractivity contribution in [1.82, 2.24) is 4.98 Å². The van der Waals surface area contributed by atoms with E-state index in [4.69, 9.17) is 9.15 Å². The molecule has 0 spiro atoms. The standard InChI is InChI=1S/C10H11NO2/c1-3-12-10-11-8-6-4-5-7(2)9(8)13-10/h4-6H,3H2,1-2H3. The van der Waals surface area contributed by atoms with Gasteiger partial charge in [0.05, 0.1) is 6.61 Å². The van der Waals surface area contributed by atoms with Crippen molar-refractivity contribution >= 4 is 11.1 Å². The van der Waals surface area contributed by atoms with Gasteiger partial charge in [-0.05, 0) is 25.5 Å². The first-order chi connectivity index (χ1) is 6.31. The van der Waals surface area contributed by atoms with Crippen LogP contribution < -0.4 is 4.74 Å². The van der Waals surface area contributed by atoms with Crippen LogP contribution in [0.1, 0.15) is 12.5 Å². The van der Waals surface area contributed by atoms with Crippen LogP contribution in [-0.4, -0.2) is 11.6 Å². The van der Waals surface area contributed by atoms with Gasteiger partial charge in [-0.15, -0.1) is 0 Å². The fourth-order valence-electron chi connectivity index (χ4n) is 1.25. The highest BCUT2D eigenvalue weighted by atomic mass is 16.6. The minimum Gasteiger partial charge on any atom is -0.450 e. The van der Waals surface area contributed by atoms with E-state index in [0.717, 1.165) is 16.7 Å². The van der Waals surface area contributed by atoms with E-state index in [0.29, 0.717) is 12.7 Å². The molecule has 0 fully saturated rings. The smallest absolute Gasteiger partial charge is 0.394 e. The highest BCUT2D eigenvalue weighted by molar-refractivity contribution is 5.76. The Kier molecular flexibility index (Phi) is 1.93. The lowest BCUT2D eigenvalue weighted by Gasteiger charge is -1.92. The molecule has 0 unspecified atom stereocenters. The van der Waals surface area contributed by atoms with Gasteiger partial charge in [-0.2, -0.15) is 4.98 Å². The predicted molar refractivity (Wildman–Crippen MR) is 49.9 cm³/mol. The topological polar surface area (TPSA) is 35.3 Å². The molecule has 2 rings (SSSR count). The molecule has 1 heterocycles. The summed E-state index contributed by atoms with van der Waals surface area (Å²) in [6.45, 7) is 4.47. The van der Waals surface area contributed by atoms with Crippen molar-refractivity contribution in [3.8, 4) is 6.08 Å². The van der Waals surface area contributed by atoms with E-state index in [1.807, 2.05) is 32.0 Å². The second-order valence-electron chi connectivity index (χ2n) is 2.84. The number of hydrogen-bond donors (Lipinski definition) is 0. The van der Waals surface area contributed by atoms with Crippen molar-refractivity contribution in [2.75, 3.05) is 6.61 Å². The van der Waals surface area contributed by atoms with Crippen molar-refractivity contribution in [2.24, 2.45) is 0 Å². The van der Waals surface area contributed by atoms with Gasteiger partial charge in [0, 0.05) is 0 Å². The molecule has 68 valence electrons. The summed E-state index contributed by atoms with van der Waals surface area (Å²) in [5.41, 5.74) is 2.74. The maximum atomic E-state index is 5.41. The molecule has 1 aromatic carbocycles. The molecule has 0 N–H and O–H groups in total. The number of para-hydroxylation sites is 1.